The molecule has 0 amide bonds. The van der Waals surface area contributed by atoms with Crippen molar-refractivity contribution in [1.82, 2.24) is 4.98 Å². The van der Waals surface area contributed by atoms with Crippen molar-refractivity contribution < 1.29 is 4.84 Å². The molecule has 2 N–H and O–H groups in total. The highest BCUT2D eigenvalue weighted by Crippen LogP contribution is 2.23. The first-order valence-electron chi connectivity index (χ1n) is 5.82. The first-order valence-corrected chi connectivity index (χ1v) is 5.82. The van der Waals surface area contributed by atoms with Crippen molar-refractivity contribution in [1.29, 1.82) is 0 Å². The van der Waals surface area contributed by atoms with Crippen molar-refractivity contribution in [2.24, 2.45) is 11.3 Å². The first kappa shape index (κ1) is 13.0. The molecule has 0 radical (unpaired) electrons. The molecule has 0 saturated heterocycles. The summed E-state index contributed by atoms with van der Waals surface area (Å²) in [5.41, 5.74) is 2.32. The Morgan fingerprint density at radius 1 is 1.31 bits per heavy atom. The van der Waals surface area contributed by atoms with E-state index in [9.17, 15) is 0 Å². The smallest absolute Gasteiger partial charge is 0.168 e. The van der Waals surface area contributed by atoms with E-state index in [1.165, 1.54) is 0 Å². The van der Waals surface area contributed by atoms with Crippen LogP contribution in [0.5, 0.6) is 5.75 Å². The molecule has 0 saturated carbocycles. The predicted molar refractivity (Wildman–Crippen MR) is 66.2 cm³/mol. The lowest BCUT2D eigenvalue weighted by atomic mass is 9.90. The van der Waals surface area contributed by atoms with Crippen molar-refractivity contribution in [2.75, 3.05) is 0 Å². The molecule has 0 aliphatic rings. The maximum atomic E-state index is 5.22. The van der Waals surface area contributed by atoms with Crippen LogP contribution in [-0.4, -0.2) is 4.98 Å². The SMILES string of the molecule is CCCc1nc(CC(C)(C)C)ccc1ON. The maximum absolute atomic E-state index is 5.22. The summed E-state index contributed by atoms with van der Waals surface area (Å²) in [6.45, 7) is 8.75. The summed E-state index contributed by atoms with van der Waals surface area (Å²) in [5.74, 6) is 5.91. The minimum Gasteiger partial charge on any atom is -0.410 e. The minimum atomic E-state index is 0.252. The van der Waals surface area contributed by atoms with Crippen LogP contribution in [-0.2, 0) is 12.8 Å². The molecule has 1 aromatic heterocycles. The van der Waals surface area contributed by atoms with E-state index in [0.717, 1.165) is 30.7 Å². The summed E-state index contributed by atoms with van der Waals surface area (Å²) in [7, 11) is 0. The first-order chi connectivity index (χ1) is 7.46. The lowest BCUT2D eigenvalue weighted by Gasteiger charge is -2.18. The summed E-state index contributed by atoms with van der Waals surface area (Å²) in [4.78, 5) is 9.43. The fourth-order valence-electron chi connectivity index (χ4n) is 1.70. The van der Waals surface area contributed by atoms with E-state index < -0.39 is 0 Å². The molecule has 90 valence electrons. The molecule has 0 atom stereocenters. The molecular weight excluding hydrogens is 200 g/mol. The normalized spacial score (nSPS) is 11.6. The van der Waals surface area contributed by atoms with Crippen LogP contribution >= 0.6 is 0 Å². The van der Waals surface area contributed by atoms with Crippen LogP contribution in [0.2, 0.25) is 0 Å². The summed E-state index contributed by atoms with van der Waals surface area (Å²) in [5, 5.41) is 0. The van der Waals surface area contributed by atoms with Gasteiger partial charge in [-0.25, -0.2) is 0 Å². The van der Waals surface area contributed by atoms with Gasteiger partial charge in [0.1, 0.15) is 0 Å². The van der Waals surface area contributed by atoms with Gasteiger partial charge in [0.15, 0.2) is 5.75 Å². The molecule has 3 nitrogen and oxygen atoms in total. The number of pyridine rings is 1. The Bertz CT molecular complexity index is 342. The molecule has 3 heteroatoms. The number of aromatic nitrogens is 1. The van der Waals surface area contributed by atoms with Crippen LogP contribution in [0.3, 0.4) is 0 Å². The molecule has 0 aliphatic heterocycles. The van der Waals surface area contributed by atoms with Crippen LogP contribution in [0.15, 0.2) is 12.1 Å². The largest absolute Gasteiger partial charge is 0.410 e. The van der Waals surface area contributed by atoms with E-state index in [1.807, 2.05) is 12.1 Å². The van der Waals surface area contributed by atoms with Gasteiger partial charge in [0.2, 0.25) is 0 Å². The lowest BCUT2D eigenvalue weighted by molar-refractivity contribution is 0.327. The standard InChI is InChI=1S/C13H22N2O/c1-5-6-11-12(16-14)8-7-10(15-11)9-13(2,3)4/h7-8H,5-6,9,14H2,1-4H3. The van der Waals surface area contributed by atoms with Crippen molar-refractivity contribution in [2.45, 2.75) is 47.0 Å². The van der Waals surface area contributed by atoms with Gasteiger partial charge in [-0.05, 0) is 30.4 Å². The van der Waals surface area contributed by atoms with Gasteiger partial charge >= 0.3 is 0 Å². The monoisotopic (exact) mass is 222 g/mol. The second-order valence-corrected chi connectivity index (χ2v) is 5.35. The maximum Gasteiger partial charge on any atom is 0.168 e. The molecule has 1 rings (SSSR count). The van der Waals surface area contributed by atoms with Crippen molar-refractivity contribution in [3.05, 3.63) is 23.5 Å². The summed E-state index contributed by atoms with van der Waals surface area (Å²) in [6.07, 6.45) is 2.92. The number of nitrogens with two attached hydrogens (primary N) is 1. The fraction of sp³-hybridized carbons (Fsp3) is 0.615. The third-order valence-corrected chi connectivity index (χ3v) is 2.32. The Balaban J connectivity index is 2.93. The quantitative estimate of drug-likeness (QED) is 0.797. The van der Waals surface area contributed by atoms with Crippen LogP contribution < -0.4 is 10.7 Å². The Morgan fingerprint density at radius 3 is 2.50 bits per heavy atom. The van der Waals surface area contributed by atoms with Crippen molar-refractivity contribution in [3.63, 3.8) is 0 Å². The van der Waals surface area contributed by atoms with Gasteiger partial charge in [-0.3, -0.25) is 4.98 Å². The molecule has 0 bridgehead atoms. The van der Waals surface area contributed by atoms with E-state index in [4.69, 9.17) is 10.7 Å². The highest BCUT2D eigenvalue weighted by molar-refractivity contribution is 5.29. The van der Waals surface area contributed by atoms with Crippen molar-refractivity contribution >= 4 is 0 Å². The van der Waals surface area contributed by atoms with Gasteiger partial charge < -0.3 is 4.84 Å². The van der Waals surface area contributed by atoms with E-state index in [-0.39, 0.29) is 5.41 Å². The fourth-order valence-corrected chi connectivity index (χ4v) is 1.70. The van der Waals surface area contributed by atoms with Gasteiger partial charge in [-0.2, -0.15) is 5.90 Å². The Labute approximate surface area is 98.0 Å². The summed E-state index contributed by atoms with van der Waals surface area (Å²) in [6, 6.07) is 3.91. The number of nitrogens with zero attached hydrogens (tertiary/aromatic N) is 1. The summed E-state index contributed by atoms with van der Waals surface area (Å²) < 4.78 is 0. The molecule has 0 fully saturated rings. The zero-order chi connectivity index (χ0) is 12.2. The molecule has 0 aliphatic carbocycles. The number of hydrogen-bond acceptors (Lipinski definition) is 3. The number of aryl methyl sites for hydroxylation is 1. The number of hydrogen-bond donors (Lipinski definition) is 1. The molecular formula is C13H22N2O. The number of rotatable bonds is 4. The van der Waals surface area contributed by atoms with Crippen LogP contribution in [0, 0.1) is 5.41 Å². The van der Waals surface area contributed by atoms with Gasteiger partial charge in [-0.15, -0.1) is 0 Å². The van der Waals surface area contributed by atoms with Crippen molar-refractivity contribution in [3.8, 4) is 5.75 Å². The minimum absolute atomic E-state index is 0.252. The highest BCUT2D eigenvalue weighted by Gasteiger charge is 2.14. The summed E-state index contributed by atoms with van der Waals surface area (Å²) >= 11 is 0. The second-order valence-electron chi connectivity index (χ2n) is 5.35. The lowest BCUT2D eigenvalue weighted by Crippen LogP contribution is -2.12. The van der Waals surface area contributed by atoms with Gasteiger partial charge in [-0.1, -0.05) is 34.1 Å². The van der Waals surface area contributed by atoms with E-state index >= 15 is 0 Å². The highest BCUT2D eigenvalue weighted by atomic mass is 16.6. The molecule has 1 heterocycles. The Kier molecular flexibility index (Phi) is 4.30. The van der Waals surface area contributed by atoms with E-state index in [0.29, 0.717) is 5.75 Å². The topological polar surface area (TPSA) is 48.1 Å². The van der Waals surface area contributed by atoms with Crippen LogP contribution in [0.25, 0.3) is 0 Å². The van der Waals surface area contributed by atoms with Gasteiger partial charge in [0.25, 0.3) is 0 Å². The Morgan fingerprint density at radius 2 is 2.00 bits per heavy atom. The zero-order valence-electron chi connectivity index (χ0n) is 10.7. The van der Waals surface area contributed by atoms with Crippen LogP contribution in [0.1, 0.15) is 45.5 Å². The molecule has 16 heavy (non-hydrogen) atoms. The average Bonchev–Trinajstić information content (AvgIpc) is 2.16. The van der Waals surface area contributed by atoms with Crippen LogP contribution in [0.4, 0.5) is 0 Å². The van der Waals surface area contributed by atoms with E-state index in [2.05, 4.69) is 32.7 Å². The average molecular weight is 222 g/mol. The third kappa shape index (κ3) is 3.81. The zero-order valence-corrected chi connectivity index (χ0v) is 10.7. The molecule has 0 unspecified atom stereocenters. The molecule has 0 aromatic carbocycles. The van der Waals surface area contributed by atoms with Gasteiger partial charge in [0.05, 0.1) is 5.69 Å². The Hall–Kier alpha value is -1.09. The molecule has 0 spiro atoms. The van der Waals surface area contributed by atoms with E-state index in [1.54, 1.807) is 0 Å². The second kappa shape index (κ2) is 5.30. The van der Waals surface area contributed by atoms with Gasteiger partial charge in [0, 0.05) is 5.69 Å². The molecule has 1 aromatic rings. The third-order valence-electron chi connectivity index (χ3n) is 2.32. The predicted octanol–water partition coefficient (Wildman–Crippen LogP) is 2.88.